The first-order valence-corrected chi connectivity index (χ1v) is 11.0. The summed E-state index contributed by atoms with van der Waals surface area (Å²) in [5.74, 6) is 1.95. The van der Waals surface area contributed by atoms with Gasteiger partial charge in [-0.05, 0) is 49.4 Å². The number of alkyl halides is 3. The zero-order valence-electron chi connectivity index (χ0n) is 19.1. The van der Waals surface area contributed by atoms with E-state index in [4.69, 9.17) is 4.74 Å². The molecule has 0 saturated carbocycles. The number of likely N-dealkylation sites (N-methyl/N-ethyl adjacent to an activating group) is 1. The minimum absolute atomic E-state index is 0.341. The van der Waals surface area contributed by atoms with Gasteiger partial charge in [-0.15, -0.1) is 0 Å². The Morgan fingerprint density at radius 2 is 1.79 bits per heavy atom. The Morgan fingerprint density at radius 1 is 1.00 bits per heavy atom. The standard InChI is InChI=1S/C24H27F3N6O/c1-32-9-11-33(12-10-32)23-6-3-18(15-29-23)20-14-22(31-16-30-20)28-8-7-17-13-19(24(25,26)27)4-5-21(17)34-2/h3-6,13-16H,7-12H2,1-2H3,(H,28,30,31). The number of anilines is 2. The number of piperazine rings is 1. The maximum Gasteiger partial charge on any atom is 0.416 e. The van der Waals surface area contributed by atoms with E-state index in [1.54, 1.807) is 12.3 Å². The van der Waals surface area contributed by atoms with Crippen LogP contribution in [-0.2, 0) is 12.6 Å². The number of hydrogen-bond acceptors (Lipinski definition) is 7. The lowest BCUT2D eigenvalue weighted by Gasteiger charge is -2.33. The van der Waals surface area contributed by atoms with Crippen molar-refractivity contribution >= 4 is 11.6 Å². The van der Waals surface area contributed by atoms with Crippen molar-refractivity contribution in [3.8, 4) is 17.0 Å². The van der Waals surface area contributed by atoms with Gasteiger partial charge in [0.2, 0.25) is 0 Å². The molecule has 4 rings (SSSR count). The molecular weight excluding hydrogens is 445 g/mol. The van der Waals surface area contributed by atoms with E-state index in [0.29, 0.717) is 35.8 Å². The largest absolute Gasteiger partial charge is 0.496 e. The first kappa shape index (κ1) is 23.7. The summed E-state index contributed by atoms with van der Waals surface area (Å²) >= 11 is 0. The molecule has 0 spiro atoms. The van der Waals surface area contributed by atoms with Gasteiger partial charge < -0.3 is 19.9 Å². The molecular formula is C24H27F3N6O. The molecule has 7 nitrogen and oxygen atoms in total. The van der Waals surface area contributed by atoms with Gasteiger partial charge in [0.05, 0.1) is 18.4 Å². The summed E-state index contributed by atoms with van der Waals surface area (Å²) < 4.78 is 44.4. The van der Waals surface area contributed by atoms with Crippen molar-refractivity contribution in [3.05, 3.63) is 60.0 Å². The number of ether oxygens (including phenoxy) is 1. The van der Waals surface area contributed by atoms with Crippen molar-refractivity contribution in [2.24, 2.45) is 0 Å². The number of methoxy groups -OCH3 is 1. The fourth-order valence-electron chi connectivity index (χ4n) is 3.85. The maximum atomic E-state index is 13.1. The monoisotopic (exact) mass is 472 g/mol. The van der Waals surface area contributed by atoms with Crippen molar-refractivity contribution in [2.75, 3.05) is 57.1 Å². The van der Waals surface area contributed by atoms with Crippen LogP contribution in [0.4, 0.5) is 24.8 Å². The van der Waals surface area contributed by atoms with Gasteiger partial charge in [-0.1, -0.05) is 0 Å². The van der Waals surface area contributed by atoms with Gasteiger partial charge in [0.1, 0.15) is 23.7 Å². The Labute approximate surface area is 196 Å². The number of nitrogens with one attached hydrogen (secondary N) is 1. The minimum atomic E-state index is -4.40. The Kier molecular flexibility index (Phi) is 7.16. The summed E-state index contributed by atoms with van der Waals surface area (Å²) in [6.45, 7) is 4.30. The smallest absolute Gasteiger partial charge is 0.416 e. The molecule has 3 aromatic rings. The molecule has 0 unspecified atom stereocenters. The molecule has 1 fully saturated rings. The van der Waals surface area contributed by atoms with Crippen molar-refractivity contribution in [2.45, 2.75) is 12.6 Å². The van der Waals surface area contributed by atoms with E-state index in [0.717, 1.165) is 49.7 Å². The molecule has 2 aromatic heterocycles. The van der Waals surface area contributed by atoms with Crippen LogP contribution in [0.15, 0.2) is 48.9 Å². The molecule has 0 aliphatic carbocycles. The molecule has 1 aromatic carbocycles. The summed E-state index contributed by atoms with van der Waals surface area (Å²) in [4.78, 5) is 17.7. The van der Waals surface area contributed by atoms with Crippen molar-refractivity contribution in [3.63, 3.8) is 0 Å². The average molecular weight is 473 g/mol. The number of benzene rings is 1. The van der Waals surface area contributed by atoms with E-state index in [1.165, 1.54) is 19.5 Å². The van der Waals surface area contributed by atoms with Gasteiger partial charge >= 0.3 is 6.18 Å². The van der Waals surface area contributed by atoms with Crippen molar-refractivity contribution in [1.29, 1.82) is 0 Å². The predicted molar refractivity (Wildman–Crippen MR) is 125 cm³/mol. The van der Waals surface area contributed by atoms with Crippen LogP contribution < -0.4 is 15.0 Å². The van der Waals surface area contributed by atoms with Crippen LogP contribution in [0.2, 0.25) is 0 Å². The van der Waals surface area contributed by atoms with Crippen molar-refractivity contribution < 1.29 is 17.9 Å². The minimum Gasteiger partial charge on any atom is -0.496 e. The second-order valence-electron chi connectivity index (χ2n) is 8.19. The third-order valence-electron chi connectivity index (χ3n) is 5.85. The number of halogens is 3. The van der Waals surface area contributed by atoms with E-state index >= 15 is 0 Å². The Hall–Kier alpha value is -3.40. The van der Waals surface area contributed by atoms with Gasteiger partial charge in [-0.2, -0.15) is 13.2 Å². The van der Waals surface area contributed by atoms with E-state index in [-0.39, 0.29) is 0 Å². The number of rotatable bonds is 7. The Morgan fingerprint density at radius 3 is 2.47 bits per heavy atom. The summed E-state index contributed by atoms with van der Waals surface area (Å²) in [6, 6.07) is 9.28. The fraction of sp³-hybridized carbons (Fsp3) is 0.375. The molecule has 1 saturated heterocycles. The second kappa shape index (κ2) is 10.3. The highest BCUT2D eigenvalue weighted by Crippen LogP contribution is 2.32. The highest BCUT2D eigenvalue weighted by Gasteiger charge is 2.31. The van der Waals surface area contributed by atoms with Crippen LogP contribution in [-0.4, -0.2) is 66.7 Å². The lowest BCUT2D eigenvalue weighted by molar-refractivity contribution is -0.137. The van der Waals surface area contributed by atoms with Crippen LogP contribution in [0.5, 0.6) is 5.75 Å². The molecule has 0 amide bonds. The van der Waals surface area contributed by atoms with Gasteiger partial charge in [0.15, 0.2) is 0 Å². The fourth-order valence-corrected chi connectivity index (χ4v) is 3.85. The number of aromatic nitrogens is 3. The Balaban J connectivity index is 1.40. The molecule has 34 heavy (non-hydrogen) atoms. The molecule has 1 aliphatic rings. The molecule has 180 valence electrons. The zero-order chi connectivity index (χ0) is 24.1. The van der Waals surface area contributed by atoms with Gasteiger partial charge in [0, 0.05) is 50.6 Å². The number of pyridine rings is 1. The second-order valence-corrected chi connectivity index (χ2v) is 8.19. The summed E-state index contributed by atoms with van der Waals surface area (Å²) in [5.41, 5.74) is 1.36. The predicted octanol–water partition coefficient (Wildman–Crippen LogP) is 3.97. The normalized spacial score (nSPS) is 14.8. The lowest BCUT2D eigenvalue weighted by atomic mass is 10.1. The van der Waals surface area contributed by atoms with E-state index in [1.807, 2.05) is 12.1 Å². The van der Waals surface area contributed by atoms with Gasteiger partial charge in [-0.3, -0.25) is 0 Å². The third-order valence-corrected chi connectivity index (χ3v) is 5.85. The first-order valence-electron chi connectivity index (χ1n) is 11.0. The van der Waals surface area contributed by atoms with Crippen LogP contribution >= 0.6 is 0 Å². The SMILES string of the molecule is COc1ccc(C(F)(F)F)cc1CCNc1cc(-c2ccc(N3CCN(C)CC3)nc2)ncn1. The quantitative estimate of drug-likeness (QED) is 0.558. The zero-order valence-corrected chi connectivity index (χ0v) is 19.1. The molecule has 3 heterocycles. The van der Waals surface area contributed by atoms with E-state index in [2.05, 4.69) is 37.1 Å². The van der Waals surface area contributed by atoms with E-state index < -0.39 is 11.7 Å². The van der Waals surface area contributed by atoms with Gasteiger partial charge in [-0.25, -0.2) is 15.0 Å². The number of nitrogens with zero attached hydrogens (tertiary/aromatic N) is 5. The lowest BCUT2D eigenvalue weighted by Crippen LogP contribution is -2.44. The Bertz CT molecular complexity index is 1100. The number of hydrogen-bond donors (Lipinski definition) is 1. The molecule has 10 heteroatoms. The summed E-state index contributed by atoms with van der Waals surface area (Å²) in [5, 5.41) is 3.16. The first-order chi connectivity index (χ1) is 16.3. The van der Waals surface area contributed by atoms with Crippen LogP contribution in [0.3, 0.4) is 0 Å². The topological polar surface area (TPSA) is 66.4 Å². The average Bonchev–Trinajstić information content (AvgIpc) is 2.84. The van der Waals surface area contributed by atoms with Crippen LogP contribution in [0.25, 0.3) is 11.3 Å². The molecule has 1 aliphatic heterocycles. The molecule has 1 N–H and O–H groups in total. The highest BCUT2D eigenvalue weighted by atomic mass is 19.4. The molecule has 0 atom stereocenters. The maximum absolute atomic E-state index is 13.1. The van der Waals surface area contributed by atoms with Crippen LogP contribution in [0, 0.1) is 0 Å². The van der Waals surface area contributed by atoms with E-state index in [9.17, 15) is 13.2 Å². The highest BCUT2D eigenvalue weighted by molar-refractivity contribution is 5.62. The molecule has 0 radical (unpaired) electrons. The van der Waals surface area contributed by atoms with Crippen molar-refractivity contribution in [1.82, 2.24) is 19.9 Å². The van der Waals surface area contributed by atoms with Gasteiger partial charge in [0.25, 0.3) is 0 Å². The third kappa shape index (κ3) is 5.74. The summed E-state index contributed by atoms with van der Waals surface area (Å²) in [6.07, 6.45) is -0.804. The van der Waals surface area contributed by atoms with Crippen LogP contribution in [0.1, 0.15) is 11.1 Å². The molecule has 0 bridgehead atoms. The summed E-state index contributed by atoms with van der Waals surface area (Å²) in [7, 11) is 3.56.